The first-order chi connectivity index (χ1) is 21.4. The van der Waals surface area contributed by atoms with Gasteiger partial charge in [0, 0.05) is 22.0 Å². The minimum Gasteiger partial charge on any atom is -0.398 e. The molecule has 0 radical (unpaired) electrons. The number of Topliss-reactive ketones (excluding diaryl/α,β-unsaturated/α-hetero) is 1. The van der Waals surface area contributed by atoms with E-state index in [0.29, 0.717) is 16.9 Å². The van der Waals surface area contributed by atoms with Gasteiger partial charge in [0.1, 0.15) is 42.5 Å². The summed E-state index contributed by atoms with van der Waals surface area (Å²) in [5.74, 6) is -0.510. The first-order valence-electron chi connectivity index (χ1n) is 13.4. The highest BCUT2D eigenvalue weighted by Gasteiger charge is 2.54. The number of aromatic nitrogens is 3. The molecule has 2 unspecified atom stereocenters. The number of imidazole rings is 1. The van der Waals surface area contributed by atoms with E-state index in [2.05, 4.69) is 20.0 Å². The average Bonchev–Trinajstić information content (AvgIpc) is 3.73. The van der Waals surface area contributed by atoms with Gasteiger partial charge in [0.25, 0.3) is 0 Å². The van der Waals surface area contributed by atoms with E-state index in [9.17, 15) is 39.0 Å². The van der Waals surface area contributed by atoms with E-state index in [1.807, 2.05) is 0 Å². The Balaban J connectivity index is 1.20. The van der Waals surface area contributed by atoms with Crippen molar-refractivity contribution in [2.45, 2.75) is 61.9 Å². The van der Waals surface area contributed by atoms with Crippen LogP contribution in [0, 0.1) is 0 Å². The predicted octanol–water partition coefficient (Wildman–Crippen LogP) is -1.65. The highest BCUT2D eigenvalue weighted by atomic mass is 31.2. The molecule has 20 nitrogen and oxygen atoms in total. The van der Waals surface area contributed by atoms with E-state index in [0.717, 1.165) is 10.9 Å². The Hall–Kier alpha value is -3.10. The molecule has 4 aliphatic heterocycles. The number of pyridine rings is 1. The molecule has 2 aromatic heterocycles. The SMILES string of the molecule is NC1=Nc2c(ncn2[C@@H]2O[C@H](CO)[C@@H](O)[C@H]2OP(=O)(O)OC[C@H]2O[C@@H](C3=NCc4c(N)ccnc43)[C@H](O)[C@@H]2O[P+](=O)O)C(=O)C1. The Morgan fingerprint density at radius 1 is 1.13 bits per heavy atom. The van der Waals surface area contributed by atoms with Crippen LogP contribution < -0.4 is 11.5 Å². The fourth-order valence-electron chi connectivity index (χ4n) is 5.52. The smallest absolute Gasteiger partial charge is 0.398 e. The minimum absolute atomic E-state index is 0.0232. The molecule has 9 N–H and O–H groups in total. The molecule has 242 valence electrons. The van der Waals surface area contributed by atoms with E-state index in [1.165, 1.54) is 6.20 Å². The van der Waals surface area contributed by atoms with Gasteiger partial charge in [-0.15, -0.1) is 9.42 Å². The highest BCUT2D eigenvalue weighted by molar-refractivity contribution is 7.47. The zero-order valence-electron chi connectivity index (χ0n) is 23.0. The van der Waals surface area contributed by atoms with Gasteiger partial charge in [0.2, 0.25) is 0 Å². The van der Waals surface area contributed by atoms with Gasteiger partial charge in [-0.2, -0.15) is 0 Å². The number of hydrogen-bond acceptors (Lipinski definition) is 17. The molecule has 10 atom stereocenters. The number of nitrogen functional groups attached to an aromatic ring is 1. The number of rotatable bonds is 10. The van der Waals surface area contributed by atoms with Crippen molar-refractivity contribution in [3.05, 3.63) is 35.5 Å². The maximum atomic E-state index is 13.2. The average molecular weight is 672 g/mol. The van der Waals surface area contributed by atoms with Gasteiger partial charge in [-0.05, 0) is 6.07 Å². The molecule has 0 aromatic carbocycles. The maximum absolute atomic E-state index is 13.2. The summed E-state index contributed by atoms with van der Waals surface area (Å²) in [5.41, 5.74) is 13.2. The third-order valence-electron chi connectivity index (χ3n) is 7.60. The van der Waals surface area contributed by atoms with E-state index in [1.54, 1.807) is 6.07 Å². The summed E-state index contributed by atoms with van der Waals surface area (Å²) in [5, 5.41) is 31.5. The Labute approximate surface area is 253 Å². The fourth-order valence-corrected chi connectivity index (χ4v) is 6.92. The number of hydrogen-bond donors (Lipinski definition) is 7. The predicted molar refractivity (Wildman–Crippen MR) is 148 cm³/mol. The lowest BCUT2D eigenvalue weighted by Gasteiger charge is -2.25. The normalized spacial score (nSPS) is 32.6. The topological polar surface area (TPSA) is 306 Å². The zero-order valence-corrected chi connectivity index (χ0v) is 24.8. The largest absolute Gasteiger partial charge is 0.695 e. The number of phosphoric acid groups is 1. The summed E-state index contributed by atoms with van der Waals surface area (Å²) >= 11 is 0. The van der Waals surface area contributed by atoms with Crippen molar-refractivity contribution in [3.8, 4) is 0 Å². The van der Waals surface area contributed by atoms with Crippen LogP contribution in [0.3, 0.4) is 0 Å². The van der Waals surface area contributed by atoms with Gasteiger partial charge in [0.05, 0.1) is 43.9 Å². The highest BCUT2D eigenvalue weighted by Crippen LogP contribution is 2.50. The molecule has 0 bridgehead atoms. The van der Waals surface area contributed by atoms with Crippen LogP contribution in [0.4, 0.5) is 11.5 Å². The molecule has 0 spiro atoms. The number of aliphatic hydroxyl groups is 3. The van der Waals surface area contributed by atoms with Crippen molar-refractivity contribution in [2.75, 3.05) is 18.9 Å². The lowest BCUT2D eigenvalue weighted by Crippen LogP contribution is -2.38. The molecular weight excluding hydrogens is 644 g/mol. The van der Waals surface area contributed by atoms with E-state index in [-0.39, 0.29) is 36.0 Å². The number of aliphatic imine (C=N–C) groups is 2. The Morgan fingerprint density at radius 3 is 2.64 bits per heavy atom. The summed E-state index contributed by atoms with van der Waals surface area (Å²) in [6.45, 7) is -1.38. The molecule has 22 heteroatoms. The number of ether oxygens (including phenoxy) is 2. The van der Waals surface area contributed by atoms with Gasteiger partial charge < -0.3 is 41.2 Å². The Kier molecular flexibility index (Phi) is 8.68. The molecule has 2 fully saturated rings. The van der Waals surface area contributed by atoms with Gasteiger partial charge >= 0.3 is 16.1 Å². The van der Waals surface area contributed by atoms with Gasteiger partial charge in [-0.25, -0.2) is 14.5 Å². The first-order valence-corrected chi connectivity index (χ1v) is 16.0. The second-order valence-electron chi connectivity index (χ2n) is 10.4. The van der Waals surface area contributed by atoms with Crippen LogP contribution in [-0.2, 0) is 38.7 Å². The molecule has 0 amide bonds. The van der Waals surface area contributed by atoms with Crippen LogP contribution in [0.2, 0.25) is 0 Å². The summed E-state index contributed by atoms with van der Waals surface area (Å²) in [4.78, 5) is 49.1. The molecule has 6 rings (SSSR count). The minimum atomic E-state index is -5.14. The molecule has 6 heterocycles. The number of carbonyl (C=O) groups excluding carboxylic acids is 1. The number of nitrogens with two attached hydrogens (primary N) is 2. The number of ketones is 1. The lowest BCUT2D eigenvalue weighted by molar-refractivity contribution is -0.0543. The van der Waals surface area contributed by atoms with E-state index >= 15 is 0 Å². The van der Waals surface area contributed by atoms with Crippen LogP contribution >= 0.6 is 16.1 Å². The third kappa shape index (κ3) is 5.96. The molecular formula is C23H28N7O13P2+. The van der Waals surface area contributed by atoms with Crippen molar-refractivity contribution in [1.29, 1.82) is 0 Å². The number of amidine groups is 1. The van der Waals surface area contributed by atoms with Crippen LogP contribution in [0.15, 0.2) is 28.6 Å². The summed E-state index contributed by atoms with van der Waals surface area (Å²) in [7, 11) is -8.40. The van der Waals surface area contributed by atoms with Gasteiger partial charge in [-0.1, -0.05) is 0 Å². The number of phosphoric ester groups is 1. The van der Waals surface area contributed by atoms with Crippen molar-refractivity contribution in [1.82, 2.24) is 14.5 Å². The van der Waals surface area contributed by atoms with Crippen molar-refractivity contribution < 1.29 is 62.1 Å². The second kappa shape index (κ2) is 12.3. The third-order valence-corrected chi connectivity index (χ3v) is 9.01. The second-order valence-corrected chi connectivity index (χ2v) is 12.5. The first kappa shape index (κ1) is 31.9. The monoisotopic (exact) mass is 672 g/mol. The quantitative estimate of drug-likeness (QED) is 0.139. The summed E-state index contributed by atoms with van der Waals surface area (Å²) < 4.78 is 52.8. The summed E-state index contributed by atoms with van der Waals surface area (Å²) in [6.07, 6.45) is -9.41. The molecule has 2 saturated heterocycles. The van der Waals surface area contributed by atoms with Crippen LogP contribution in [0.5, 0.6) is 0 Å². The molecule has 0 saturated carbocycles. The number of carbonyl (C=O) groups is 1. The summed E-state index contributed by atoms with van der Waals surface area (Å²) in [6, 6.07) is 1.57. The molecule has 4 aliphatic rings. The fraction of sp³-hybridized carbons (Fsp3) is 0.522. The zero-order chi connectivity index (χ0) is 32.2. The van der Waals surface area contributed by atoms with Crippen LogP contribution in [0.25, 0.3) is 0 Å². The van der Waals surface area contributed by atoms with Crippen molar-refractivity contribution in [2.24, 2.45) is 15.7 Å². The standard InChI is InChI=1S/C23H27N7O13P2/c24-9-1-2-26-14-8(9)4-27-16(14)20-18(34)19(42-44(35)36)12(40-20)6-39-45(37,38)43-21-17(33)11(5-31)41-23(21)30-7-28-15-10(32)3-13(25)29-22(15)30/h1-2,7,11-12,17-21,23,31,33-34H,3-6H2,(H5-,24,25,26,29,32,35,36,37,38)/p+1/t11-,12-,17-,18-,19-,20+,21-,23-/m1/s1. The van der Waals surface area contributed by atoms with Crippen LogP contribution in [0.1, 0.15) is 34.4 Å². The lowest BCUT2D eigenvalue weighted by atomic mass is 10.0. The number of aliphatic hydroxyl groups excluding tert-OH is 3. The Morgan fingerprint density at radius 2 is 1.91 bits per heavy atom. The molecule has 45 heavy (non-hydrogen) atoms. The number of fused-ring (bicyclic) bond motifs is 2. The van der Waals surface area contributed by atoms with E-state index < -0.39 is 84.0 Å². The number of nitrogens with zero attached hydrogens (tertiary/aromatic N) is 5. The molecule has 2 aromatic rings. The molecule has 0 aliphatic carbocycles. The van der Waals surface area contributed by atoms with E-state index in [4.69, 9.17) is 34.5 Å². The maximum Gasteiger partial charge on any atom is 0.695 e. The van der Waals surface area contributed by atoms with Crippen molar-refractivity contribution in [3.63, 3.8) is 0 Å². The Bertz CT molecular complexity index is 1640. The number of anilines is 1. The van der Waals surface area contributed by atoms with Gasteiger partial charge in [-0.3, -0.25) is 28.4 Å². The van der Waals surface area contributed by atoms with Gasteiger partial charge in [0.15, 0.2) is 29.6 Å². The van der Waals surface area contributed by atoms with Crippen molar-refractivity contribution >= 4 is 44.9 Å². The van der Waals surface area contributed by atoms with Crippen LogP contribution in [-0.4, -0.2) is 113 Å².